The molecule has 0 bridgehead atoms. The first kappa shape index (κ1) is 20.8. The molecular formula is C18H28N2O5. The predicted octanol–water partition coefficient (Wildman–Crippen LogP) is 1.21. The van der Waals surface area contributed by atoms with Crippen LogP contribution in [0.5, 0.6) is 11.5 Å². The van der Waals surface area contributed by atoms with Gasteiger partial charge in [-0.1, -0.05) is 0 Å². The number of aryl methyl sites for hydroxylation is 1. The lowest BCUT2D eigenvalue weighted by Crippen LogP contribution is -2.58. The molecule has 1 aliphatic rings. The van der Waals surface area contributed by atoms with Crippen LogP contribution in [0.2, 0.25) is 0 Å². The Labute approximate surface area is 148 Å². The molecule has 7 heteroatoms. The molecule has 2 rings (SSSR count). The van der Waals surface area contributed by atoms with Crippen molar-refractivity contribution in [2.45, 2.75) is 38.6 Å². The van der Waals surface area contributed by atoms with Crippen LogP contribution >= 0.6 is 0 Å². The van der Waals surface area contributed by atoms with E-state index < -0.39 is 11.5 Å². The fraction of sp³-hybridized carbons (Fsp3) is 0.556. The molecule has 7 nitrogen and oxygen atoms in total. The molecular weight excluding hydrogens is 324 g/mol. The van der Waals surface area contributed by atoms with Gasteiger partial charge >= 0.3 is 5.97 Å². The Kier molecular flexibility index (Phi) is 7.70. The molecule has 1 atom stereocenters. The predicted molar refractivity (Wildman–Crippen MR) is 94.9 cm³/mol. The van der Waals surface area contributed by atoms with E-state index >= 15 is 0 Å². The summed E-state index contributed by atoms with van der Waals surface area (Å²) in [6, 6.07) is 3.79. The van der Waals surface area contributed by atoms with E-state index in [0.29, 0.717) is 30.8 Å². The molecule has 3 N–H and O–H groups in total. The Morgan fingerprint density at radius 2 is 1.72 bits per heavy atom. The third kappa shape index (κ3) is 4.63. The Hall–Kier alpha value is -2.28. The van der Waals surface area contributed by atoms with Crippen LogP contribution < -0.4 is 20.5 Å². The second-order valence-corrected chi connectivity index (χ2v) is 5.64. The lowest BCUT2D eigenvalue weighted by Gasteiger charge is -2.36. The maximum absolute atomic E-state index is 12.5. The summed E-state index contributed by atoms with van der Waals surface area (Å²) in [5.74, 6) is 0.626. The van der Waals surface area contributed by atoms with Crippen molar-refractivity contribution >= 4 is 11.9 Å². The number of nitrogens with one attached hydrogen (secondary N) is 1. The highest BCUT2D eigenvalue weighted by molar-refractivity contribution is 5.88. The quantitative estimate of drug-likeness (QED) is 0.773. The van der Waals surface area contributed by atoms with Gasteiger partial charge in [-0.25, -0.2) is 4.79 Å². The summed E-state index contributed by atoms with van der Waals surface area (Å²) < 4.78 is 15.8. The van der Waals surface area contributed by atoms with Gasteiger partial charge in [0.15, 0.2) is 11.5 Å². The minimum Gasteiger partial charge on any atom is -0.493 e. The third-order valence-electron chi connectivity index (χ3n) is 4.10. The van der Waals surface area contributed by atoms with Crippen LogP contribution in [0.1, 0.15) is 31.4 Å². The summed E-state index contributed by atoms with van der Waals surface area (Å²) in [5, 5.41) is 2.80. The Morgan fingerprint density at radius 3 is 2.20 bits per heavy atom. The van der Waals surface area contributed by atoms with Gasteiger partial charge in [-0.15, -0.1) is 0 Å². The van der Waals surface area contributed by atoms with Crippen LogP contribution in [0, 0.1) is 0 Å². The molecule has 1 aromatic rings. The molecule has 0 radical (unpaired) electrons. The summed E-state index contributed by atoms with van der Waals surface area (Å²) in [5.41, 5.74) is 5.53. The number of benzene rings is 1. The number of esters is 1. The number of amides is 1. The van der Waals surface area contributed by atoms with Crippen molar-refractivity contribution in [3.8, 4) is 11.5 Å². The van der Waals surface area contributed by atoms with E-state index in [1.165, 1.54) is 14.0 Å². The van der Waals surface area contributed by atoms with Crippen LogP contribution in [0.25, 0.3) is 0 Å². The zero-order chi connectivity index (χ0) is 19.0. The lowest BCUT2D eigenvalue weighted by atomic mass is 9.77. The third-order valence-corrected chi connectivity index (χ3v) is 4.10. The Bertz CT molecular complexity index is 618. The van der Waals surface area contributed by atoms with Gasteiger partial charge in [0.05, 0.1) is 20.8 Å². The monoisotopic (exact) mass is 352 g/mol. The highest BCUT2D eigenvalue weighted by Gasteiger charge is 2.43. The number of methoxy groups -OCH3 is 2. The first-order chi connectivity index (χ1) is 12.0. The van der Waals surface area contributed by atoms with Crippen LogP contribution in [0.15, 0.2) is 12.1 Å². The van der Waals surface area contributed by atoms with E-state index in [-0.39, 0.29) is 12.5 Å². The van der Waals surface area contributed by atoms with Gasteiger partial charge in [-0.2, -0.15) is 0 Å². The van der Waals surface area contributed by atoms with Crippen LogP contribution in [-0.4, -0.2) is 45.3 Å². The summed E-state index contributed by atoms with van der Waals surface area (Å²) >= 11 is 0. The molecule has 1 aliphatic carbocycles. The summed E-state index contributed by atoms with van der Waals surface area (Å²) in [4.78, 5) is 24.0. The smallest absolute Gasteiger partial charge is 0.332 e. The van der Waals surface area contributed by atoms with Gasteiger partial charge in [0.25, 0.3) is 0 Å². The minimum absolute atomic E-state index is 0.248. The van der Waals surface area contributed by atoms with Gasteiger partial charge in [-0.05, 0) is 50.1 Å². The highest BCUT2D eigenvalue weighted by Crippen LogP contribution is 2.37. The molecule has 0 saturated carbocycles. The topological polar surface area (TPSA) is 99.9 Å². The molecule has 1 amide bonds. The molecule has 25 heavy (non-hydrogen) atoms. The minimum atomic E-state index is -1.02. The summed E-state index contributed by atoms with van der Waals surface area (Å²) in [7, 11) is 4.66. The van der Waals surface area contributed by atoms with Crippen LogP contribution in [0.3, 0.4) is 0 Å². The van der Waals surface area contributed by atoms with Crippen molar-refractivity contribution < 1.29 is 23.8 Å². The maximum atomic E-state index is 12.5. The fourth-order valence-electron chi connectivity index (χ4n) is 3.06. The zero-order valence-corrected chi connectivity index (χ0v) is 15.6. The molecule has 1 unspecified atom stereocenters. The normalized spacial score (nSPS) is 18.2. The van der Waals surface area contributed by atoms with Crippen molar-refractivity contribution in [1.29, 1.82) is 0 Å². The molecule has 0 fully saturated rings. The largest absolute Gasteiger partial charge is 0.493 e. The Balaban J connectivity index is 0.00000151. The number of fused-ring (bicyclic) bond motifs is 1. The van der Waals surface area contributed by atoms with Crippen molar-refractivity contribution in [3.63, 3.8) is 0 Å². The molecule has 1 aromatic carbocycles. The summed E-state index contributed by atoms with van der Waals surface area (Å²) in [6.45, 7) is 3.44. The number of hydrogen-bond acceptors (Lipinski definition) is 6. The van der Waals surface area contributed by atoms with Crippen LogP contribution in [-0.2, 0) is 27.2 Å². The van der Waals surface area contributed by atoms with Crippen molar-refractivity contribution in [2.75, 3.05) is 27.9 Å². The second kappa shape index (κ2) is 9.27. The molecule has 0 aliphatic heterocycles. The number of carbonyl (C=O) groups excluding carboxylic acids is 2. The maximum Gasteiger partial charge on any atom is 0.332 e. The SMILES string of the molecule is CCOC(=O)C1(NC(C)=O)CCc2cc(OC)c(OC)cc2C1.CN. The van der Waals surface area contributed by atoms with Gasteiger partial charge in [0, 0.05) is 13.3 Å². The second-order valence-electron chi connectivity index (χ2n) is 5.64. The van der Waals surface area contributed by atoms with Gasteiger partial charge < -0.3 is 25.3 Å². The average Bonchev–Trinajstić information content (AvgIpc) is 2.61. The van der Waals surface area contributed by atoms with Crippen molar-refractivity contribution in [1.82, 2.24) is 5.32 Å². The standard InChI is InChI=1S/C17H23NO5.CH5N/c1-5-23-16(20)17(18-11(2)19)7-6-12-8-14(21-3)15(22-4)9-13(12)10-17;1-2/h8-9H,5-7,10H2,1-4H3,(H,18,19);2H2,1H3. The van der Waals surface area contributed by atoms with E-state index in [4.69, 9.17) is 14.2 Å². The van der Waals surface area contributed by atoms with Gasteiger partial charge in [-0.3, -0.25) is 4.79 Å². The van der Waals surface area contributed by atoms with Crippen LogP contribution in [0.4, 0.5) is 0 Å². The zero-order valence-electron chi connectivity index (χ0n) is 15.6. The number of carbonyl (C=O) groups is 2. The number of hydrogen-bond donors (Lipinski definition) is 2. The molecule has 140 valence electrons. The van der Waals surface area contributed by atoms with E-state index in [0.717, 1.165) is 11.1 Å². The van der Waals surface area contributed by atoms with Crippen molar-refractivity contribution in [3.05, 3.63) is 23.3 Å². The van der Waals surface area contributed by atoms with E-state index in [1.807, 2.05) is 12.1 Å². The van der Waals surface area contributed by atoms with Gasteiger partial charge in [0.1, 0.15) is 5.54 Å². The highest BCUT2D eigenvalue weighted by atomic mass is 16.5. The van der Waals surface area contributed by atoms with Gasteiger partial charge in [0.2, 0.25) is 5.91 Å². The first-order valence-electron chi connectivity index (χ1n) is 8.23. The molecule has 0 heterocycles. The first-order valence-corrected chi connectivity index (χ1v) is 8.23. The van der Waals surface area contributed by atoms with E-state index in [2.05, 4.69) is 11.1 Å². The lowest BCUT2D eigenvalue weighted by molar-refractivity contribution is -0.153. The number of rotatable bonds is 5. The summed E-state index contributed by atoms with van der Waals surface area (Å²) in [6.07, 6.45) is 1.52. The number of ether oxygens (including phenoxy) is 3. The number of nitrogens with two attached hydrogens (primary N) is 1. The molecule has 0 saturated heterocycles. The average molecular weight is 352 g/mol. The van der Waals surface area contributed by atoms with E-state index in [9.17, 15) is 9.59 Å². The Morgan fingerprint density at radius 1 is 1.16 bits per heavy atom. The molecule has 0 spiro atoms. The molecule has 0 aromatic heterocycles. The fourth-order valence-corrected chi connectivity index (χ4v) is 3.06. The van der Waals surface area contributed by atoms with Crippen molar-refractivity contribution in [2.24, 2.45) is 5.73 Å². The van der Waals surface area contributed by atoms with E-state index in [1.54, 1.807) is 21.1 Å².